The van der Waals surface area contributed by atoms with Crippen molar-refractivity contribution in [3.05, 3.63) is 24.3 Å². The maximum Gasteiger partial charge on any atom is 0.232 e. The van der Waals surface area contributed by atoms with E-state index in [0.717, 1.165) is 23.7 Å². The molecule has 1 aromatic carbocycles. The van der Waals surface area contributed by atoms with Crippen LogP contribution in [0.4, 0.5) is 5.69 Å². The summed E-state index contributed by atoms with van der Waals surface area (Å²) < 4.78 is 0. The van der Waals surface area contributed by atoms with Gasteiger partial charge in [0.25, 0.3) is 0 Å². The van der Waals surface area contributed by atoms with Crippen molar-refractivity contribution < 1.29 is 4.79 Å². The zero-order chi connectivity index (χ0) is 12.0. The lowest BCUT2D eigenvalue weighted by Gasteiger charge is -2.18. The molecule has 0 saturated heterocycles. The summed E-state index contributed by atoms with van der Waals surface area (Å²) in [4.78, 5) is 14.6. The molecule has 1 rings (SSSR count). The molecule has 1 aromatic rings. The van der Waals surface area contributed by atoms with Crippen LogP contribution in [0.2, 0.25) is 0 Å². The number of amides is 1. The Hall–Kier alpha value is -1.16. The van der Waals surface area contributed by atoms with E-state index in [4.69, 9.17) is 5.73 Å². The highest BCUT2D eigenvalue weighted by Gasteiger charge is 2.09. The predicted octanol–water partition coefficient (Wildman–Crippen LogP) is 2.23. The maximum atomic E-state index is 11.7. The fraction of sp³-hybridized carbons (Fsp3) is 0.417. The molecule has 0 saturated carbocycles. The molecule has 0 aliphatic rings. The van der Waals surface area contributed by atoms with Gasteiger partial charge >= 0.3 is 0 Å². The summed E-state index contributed by atoms with van der Waals surface area (Å²) in [5.74, 6) is 0.655. The average Bonchev–Trinajstić information content (AvgIpc) is 2.28. The second-order valence-electron chi connectivity index (χ2n) is 3.43. The first-order valence-electron chi connectivity index (χ1n) is 5.43. The van der Waals surface area contributed by atoms with Gasteiger partial charge < -0.3 is 10.6 Å². The van der Waals surface area contributed by atoms with Crippen molar-refractivity contribution in [1.82, 2.24) is 4.90 Å². The Morgan fingerprint density at radius 1 is 1.38 bits per heavy atom. The zero-order valence-corrected chi connectivity index (χ0v) is 10.6. The van der Waals surface area contributed by atoms with Gasteiger partial charge in [-0.25, -0.2) is 0 Å². The third-order valence-corrected chi connectivity index (χ3v) is 3.32. The quantitative estimate of drug-likeness (QED) is 0.632. The van der Waals surface area contributed by atoms with Crippen LogP contribution in [0.15, 0.2) is 29.2 Å². The highest BCUT2D eigenvalue weighted by molar-refractivity contribution is 8.00. The molecular weight excluding hydrogens is 220 g/mol. The molecule has 0 aliphatic carbocycles. The highest BCUT2D eigenvalue weighted by Crippen LogP contribution is 2.20. The summed E-state index contributed by atoms with van der Waals surface area (Å²) in [6, 6.07) is 7.60. The minimum absolute atomic E-state index is 0.178. The molecule has 3 nitrogen and oxygen atoms in total. The summed E-state index contributed by atoms with van der Waals surface area (Å²) in [5.41, 5.74) is 6.40. The summed E-state index contributed by atoms with van der Waals surface area (Å²) >= 11 is 1.53. The van der Waals surface area contributed by atoms with E-state index in [-0.39, 0.29) is 5.91 Å². The number of carbonyl (C=O) groups excluding carboxylic acids is 1. The molecular formula is C12H18N2OS. The summed E-state index contributed by atoms with van der Waals surface area (Å²) in [6.45, 7) is 5.53. The number of nitrogens with two attached hydrogens (primary N) is 1. The van der Waals surface area contributed by atoms with E-state index >= 15 is 0 Å². The van der Waals surface area contributed by atoms with E-state index in [1.165, 1.54) is 11.8 Å². The van der Waals surface area contributed by atoms with Crippen LogP contribution in [-0.4, -0.2) is 29.6 Å². The molecule has 16 heavy (non-hydrogen) atoms. The van der Waals surface area contributed by atoms with Crippen LogP contribution in [0.3, 0.4) is 0 Å². The van der Waals surface area contributed by atoms with E-state index in [1.54, 1.807) is 0 Å². The molecule has 0 unspecified atom stereocenters. The topological polar surface area (TPSA) is 46.3 Å². The number of benzene rings is 1. The Bertz CT molecular complexity index is 351. The van der Waals surface area contributed by atoms with Crippen molar-refractivity contribution in [2.75, 3.05) is 24.6 Å². The van der Waals surface area contributed by atoms with Gasteiger partial charge in [0.05, 0.1) is 5.75 Å². The van der Waals surface area contributed by atoms with Gasteiger partial charge in [-0.1, -0.05) is 6.07 Å². The third kappa shape index (κ3) is 3.77. The lowest BCUT2D eigenvalue weighted by atomic mass is 10.3. The standard InChI is InChI=1S/C12H18N2OS/c1-3-14(4-2)12(15)9-16-11-7-5-6-10(13)8-11/h5-8H,3-4,9,13H2,1-2H3. The van der Waals surface area contributed by atoms with E-state index in [2.05, 4.69) is 0 Å². The normalized spacial score (nSPS) is 10.1. The first-order valence-corrected chi connectivity index (χ1v) is 6.42. The lowest BCUT2D eigenvalue weighted by Crippen LogP contribution is -2.31. The molecule has 0 fully saturated rings. The van der Waals surface area contributed by atoms with Gasteiger partial charge in [0.1, 0.15) is 0 Å². The maximum absolute atomic E-state index is 11.7. The summed E-state index contributed by atoms with van der Waals surface area (Å²) in [6.07, 6.45) is 0. The van der Waals surface area contributed by atoms with Crippen LogP contribution in [-0.2, 0) is 4.79 Å². The predicted molar refractivity (Wildman–Crippen MR) is 69.5 cm³/mol. The number of hydrogen-bond donors (Lipinski definition) is 1. The minimum atomic E-state index is 0.178. The van der Waals surface area contributed by atoms with Crippen LogP contribution >= 0.6 is 11.8 Å². The van der Waals surface area contributed by atoms with Gasteiger partial charge in [0.15, 0.2) is 0 Å². The van der Waals surface area contributed by atoms with Crippen molar-refractivity contribution in [1.29, 1.82) is 0 Å². The van der Waals surface area contributed by atoms with E-state index in [0.29, 0.717) is 5.75 Å². The van der Waals surface area contributed by atoms with E-state index in [1.807, 2.05) is 43.0 Å². The molecule has 0 radical (unpaired) electrons. The highest BCUT2D eigenvalue weighted by atomic mass is 32.2. The molecule has 0 aromatic heterocycles. The van der Waals surface area contributed by atoms with Crippen LogP contribution in [0.25, 0.3) is 0 Å². The van der Waals surface area contributed by atoms with Crippen LogP contribution in [0.1, 0.15) is 13.8 Å². The molecule has 0 atom stereocenters. The van der Waals surface area contributed by atoms with Crippen molar-refractivity contribution in [3.63, 3.8) is 0 Å². The largest absolute Gasteiger partial charge is 0.399 e. The van der Waals surface area contributed by atoms with Gasteiger partial charge in [-0.3, -0.25) is 4.79 Å². The van der Waals surface area contributed by atoms with Crippen molar-refractivity contribution >= 4 is 23.4 Å². The number of nitrogen functional groups attached to an aromatic ring is 1. The molecule has 88 valence electrons. The monoisotopic (exact) mass is 238 g/mol. The average molecular weight is 238 g/mol. The van der Waals surface area contributed by atoms with Crippen molar-refractivity contribution in [2.24, 2.45) is 0 Å². The molecule has 0 bridgehead atoms. The molecule has 0 aliphatic heterocycles. The Labute approximate surface area is 101 Å². The second kappa shape index (κ2) is 6.43. The number of rotatable bonds is 5. The van der Waals surface area contributed by atoms with Crippen LogP contribution in [0, 0.1) is 0 Å². The lowest BCUT2D eigenvalue weighted by molar-refractivity contribution is -0.127. The van der Waals surface area contributed by atoms with E-state index in [9.17, 15) is 4.79 Å². The first kappa shape index (κ1) is 12.9. The van der Waals surface area contributed by atoms with Gasteiger partial charge in [0, 0.05) is 23.7 Å². The Kier molecular flexibility index (Phi) is 5.19. The van der Waals surface area contributed by atoms with Gasteiger partial charge in [-0.15, -0.1) is 11.8 Å². The van der Waals surface area contributed by atoms with E-state index < -0.39 is 0 Å². The van der Waals surface area contributed by atoms with Crippen LogP contribution in [0.5, 0.6) is 0 Å². The number of hydrogen-bond acceptors (Lipinski definition) is 3. The first-order chi connectivity index (χ1) is 7.67. The molecule has 0 spiro atoms. The minimum Gasteiger partial charge on any atom is -0.399 e. The third-order valence-electron chi connectivity index (χ3n) is 2.34. The van der Waals surface area contributed by atoms with Crippen molar-refractivity contribution in [2.45, 2.75) is 18.7 Å². The molecule has 1 amide bonds. The number of nitrogens with zero attached hydrogens (tertiary/aromatic N) is 1. The van der Waals surface area contributed by atoms with Crippen molar-refractivity contribution in [3.8, 4) is 0 Å². The number of carbonyl (C=O) groups is 1. The fourth-order valence-electron chi connectivity index (χ4n) is 1.42. The zero-order valence-electron chi connectivity index (χ0n) is 9.77. The second-order valence-corrected chi connectivity index (χ2v) is 4.48. The Morgan fingerprint density at radius 3 is 2.62 bits per heavy atom. The van der Waals surface area contributed by atoms with Gasteiger partial charge in [-0.2, -0.15) is 0 Å². The van der Waals surface area contributed by atoms with Gasteiger partial charge in [0.2, 0.25) is 5.91 Å². The smallest absolute Gasteiger partial charge is 0.232 e. The van der Waals surface area contributed by atoms with Crippen LogP contribution < -0.4 is 5.73 Å². The molecule has 0 heterocycles. The Morgan fingerprint density at radius 2 is 2.06 bits per heavy atom. The molecule has 4 heteroatoms. The fourth-order valence-corrected chi connectivity index (χ4v) is 2.28. The summed E-state index contributed by atoms with van der Waals surface area (Å²) in [5, 5.41) is 0. The molecule has 2 N–H and O–H groups in total. The number of thioether (sulfide) groups is 1. The number of anilines is 1. The Balaban J connectivity index is 2.48. The summed E-state index contributed by atoms with van der Waals surface area (Å²) in [7, 11) is 0. The SMILES string of the molecule is CCN(CC)C(=O)CSc1cccc(N)c1. The van der Waals surface area contributed by atoms with Gasteiger partial charge in [-0.05, 0) is 32.0 Å².